The summed E-state index contributed by atoms with van der Waals surface area (Å²) in [7, 11) is 0. The topological polar surface area (TPSA) is 40.7 Å². The van der Waals surface area contributed by atoms with Crippen molar-refractivity contribution in [3.05, 3.63) is 39.9 Å². The molecule has 0 spiro atoms. The standard InChI is InChI=1S/C13H14IN3/c14-10-3-1-9(2-4-10)12-7-16-13(17-12)8-15-11-5-6-11/h1-4,7,11,15H,5-6,8H2,(H,16,17). The predicted molar refractivity (Wildman–Crippen MR) is 76.6 cm³/mol. The molecular weight excluding hydrogens is 325 g/mol. The Morgan fingerprint density at radius 2 is 2.06 bits per heavy atom. The summed E-state index contributed by atoms with van der Waals surface area (Å²) in [6, 6.07) is 9.18. The highest BCUT2D eigenvalue weighted by Crippen LogP contribution is 2.20. The number of imidazole rings is 1. The molecule has 4 heteroatoms. The van der Waals surface area contributed by atoms with Gasteiger partial charge in [-0.3, -0.25) is 0 Å². The third kappa shape index (κ3) is 2.87. The quantitative estimate of drug-likeness (QED) is 0.841. The molecule has 1 aromatic carbocycles. The van der Waals surface area contributed by atoms with Crippen LogP contribution in [0.1, 0.15) is 18.7 Å². The molecule has 0 aliphatic heterocycles. The van der Waals surface area contributed by atoms with E-state index in [1.807, 2.05) is 6.20 Å². The maximum absolute atomic E-state index is 4.39. The number of halogens is 1. The van der Waals surface area contributed by atoms with Gasteiger partial charge in [0.05, 0.1) is 18.4 Å². The lowest BCUT2D eigenvalue weighted by atomic mass is 10.2. The van der Waals surface area contributed by atoms with E-state index in [2.05, 4.69) is 62.1 Å². The van der Waals surface area contributed by atoms with E-state index >= 15 is 0 Å². The van der Waals surface area contributed by atoms with Crippen LogP contribution in [-0.2, 0) is 6.54 Å². The Morgan fingerprint density at radius 1 is 1.29 bits per heavy atom. The summed E-state index contributed by atoms with van der Waals surface area (Å²) < 4.78 is 1.25. The van der Waals surface area contributed by atoms with Gasteiger partial charge in [-0.2, -0.15) is 0 Å². The van der Waals surface area contributed by atoms with Crippen LogP contribution in [0, 0.1) is 3.57 Å². The monoisotopic (exact) mass is 339 g/mol. The van der Waals surface area contributed by atoms with E-state index in [1.165, 1.54) is 22.0 Å². The lowest BCUT2D eigenvalue weighted by Crippen LogP contribution is -2.16. The van der Waals surface area contributed by atoms with Crippen molar-refractivity contribution >= 4 is 22.6 Å². The Bertz CT molecular complexity index is 500. The lowest BCUT2D eigenvalue weighted by molar-refractivity contribution is 0.664. The lowest BCUT2D eigenvalue weighted by Gasteiger charge is -1.99. The second-order valence-electron chi connectivity index (χ2n) is 4.41. The van der Waals surface area contributed by atoms with E-state index in [0.29, 0.717) is 0 Å². The van der Waals surface area contributed by atoms with Crippen LogP contribution in [-0.4, -0.2) is 16.0 Å². The molecule has 1 aliphatic carbocycles. The second kappa shape index (κ2) is 4.78. The van der Waals surface area contributed by atoms with Crippen molar-refractivity contribution in [3.8, 4) is 11.3 Å². The number of nitrogens with zero attached hydrogens (tertiary/aromatic N) is 1. The zero-order chi connectivity index (χ0) is 11.7. The van der Waals surface area contributed by atoms with Gasteiger partial charge in [0.25, 0.3) is 0 Å². The summed E-state index contributed by atoms with van der Waals surface area (Å²) in [6.07, 6.45) is 4.53. The first-order valence-electron chi connectivity index (χ1n) is 5.84. The average Bonchev–Trinajstić information content (AvgIpc) is 3.06. The largest absolute Gasteiger partial charge is 0.341 e. The van der Waals surface area contributed by atoms with E-state index in [0.717, 1.165) is 24.1 Å². The number of H-pyrrole nitrogens is 1. The Kier molecular flexibility index (Phi) is 3.15. The van der Waals surface area contributed by atoms with E-state index in [1.54, 1.807) is 0 Å². The molecule has 17 heavy (non-hydrogen) atoms. The van der Waals surface area contributed by atoms with Crippen LogP contribution >= 0.6 is 22.6 Å². The highest BCUT2D eigenvalue weighted by Gasteiger charge is 2.20. The molecule has 1 aromatic heterocycles. The molecule has 0 atom stereocenters. The number of aromatic amines is 1. The van der Waals surface area contributed by atoms with Crippen molar-refractivity contribution in [1.82, 2.24) is 15.3 Å². The third-order valence-electron chi connectivity index (χ3n) is 2.92. The summed E-state index contributed by atoms with van der Waals surface area (Å²) in [5.74, 6) is 1.02. The summed E-state index contributed by atoms with van der Waals surface area (Å²) in [5, 5.41) is 3.45. The summed E-state index contributed by atoms with van der Waals surface area (Å²) in [4.78, 5) is 7.75. The normalized spacial score (nSPS) is 15.1. The minimum atomic E-state index is 0.724. The highest BCUT2D eigenvalue weighted by molar-refractivity contribution is 14.1. The Labute approximate surface area is 114 Å². The molecule has 0 bridgehead atoms. The van der Waals surface area contributed by atoms with Crippen LogP contribution in [0.4, 0.5) is 0 Å². The molecule has 1 saturated carbocycles. The van der Waals surface area contributed by atoms with Gasteiger partial charge in [0.15, 0.2) is 0 Å². The SMILES string of the molecule is Ic1ccc(-c2cnc(CNC3CC3)[nH]2)cc1. The van der Waals surface area contributed by atoms with Gasteiger partial charge in [-0.05, 0) is 53.1 Å². The third-order valence-corrected chi connectivity index (χ3v) is 3.64. The average molecular weight is 339 g/mol. The minimum Gasteiger partial charge on any atom is -0.341 e. The fourth-order valence-electron chi connectivity index (χ4n) is 1.76. The van der Waals surface area contributed by atoms with Crippen molar-refractivity contribution in [2.45, 2.75) is 25.4 Å². The molecule has 0 amide bonds. The van der Waals surface area contributed by atoms with Crippen molar-refractivity contribution < 1.29 is 0 Å². The van der Waals surface area contributed by atoms with Crippen molar-refractivity contribution in [2.24, 2.45) is 0 Å². The van der Waals surface area contributed by atoms with Crippen LogP contribution in [0.15, 0.2) is 30.5 Å². The fourth-order valence-corrected chi connectivity index (χ4v) is 2.12. The molecule has 1 aliphatic rings. The van der Waals surface area contributed by atoms with Gasteiger partial charge in [0, 0.05) is 9.61 Å². The number of hydrogen-bond acceptors (Lipinski definition) is 2. The van der Waals surface area contributed by atoms with Gasteiger partial charge in [-0.1, -0.05) is 12.1 Å². The Balaban J connectivity index is 1.72. The molecule has 2 N–H and O–H groups in total. The molecule has 0 saturated heterocycles. The molecule has 0 unspecified atom stereocenters. The smallest absolute Gasteiger partial charge is 0.120 e. The predicted octanol–water partition coefficient (Wildman–Crippen LogP) is 2.93. The maximum Gasteiger partial charge on any atom is 0.120 e. The first-order chi connectivity index (χ1) is 8.31. The molecule has 1 heterocycles. The zero-order valence-electron chi connectivity index (χ0n) is 9.41. The van der Waals surface area contributed by atoms with Gasteiger partial charge in [0.2, 0.25) is 0 Å². The molecule has 3 rings (SSSR count). The van der Waals surface area contributed by atoms with E-state index in [4.69, 9.17) is 0 Å². The maximum atomic E-state index is 4.39. The molecule has 2 aromatic rings. The van der Waals surface area contributed by atoms with Crippen LogP contribution in [0.5, 0.6) is 0 Å². The van der Waals surface area contributed by atoms with Gasteiger partial charge in [-0.25, -0.2) is 4.98 Å². The molecule has 88 valence electrons. The summed E-state index contributed by atoms with van der Waals surface area (Å²) in [5.41, 5.74) is 2.28. The fraction of sp³-hybridized carbons (Fsp3) is 0.308. The minimum absolute atomic E-state index is 0.724. The van der Waals surface area contributed by atoms with Crippen molar-refractivity contribution in [1.29, 1.82) is 0 Å². The number of nitrogens with one attached hydrogen (secondary N) is 2. The number of aromatic nitrogens is 2. The van der Waals surface area contributed by atoms with Crippen molar-refractivity contribution in [3.63, 3.8) is 0 Å². The van der Waals surface area contributed by atoms with Crippen LogP contribution in [0.3, 0.4) is 0 Å². The second-order valence-corrected chi connectivity index (χ2v) is 5.65. The van der Waals surface area contributed by atoms with Gasteiger partial charge in [-0.15, -0.1) is 0 Å². The molecular formula is C13H14IN3. The molecule has 3 nitrogen and oxygen atoms in total. The summed E-state index contributed by atoms with van der Waals surface area (Å²) >= 11 is 2.31. The van der Waals surface area contributed by atoms with Crippen LogP contribution < -0.4 is 5.32 Å². The molecule has 0 radical (unpaired) electrons. The first kappa shape index (κ1) is 11.2. The van der Waals surface area contributed by atoms with Crippen molar-refractivity contribution in [2.75, 3.05) is 0 Å². The van der Waals surface area contributed by atoms with Gasteiger partial charge >= 0.3 is 0 Å². The highest BCUT2D eigenvalue weighted by atomic mass is 127. The first-order valence-corrected chi connectivity index (χ1v) is 6.92. The zero-order valence-corrected chi connectivity index (χ0v) is 11.6. The van der Waals surface area contributed by atoms with E-state index in [-0.39, 0.29) is 0 Å². The van der Waals surface area contributed by atoms with Crippen LogP contribution in [0.2, 0.25) is 0 Å². The van der Waals surface area contributed by atoms with E-state index in [9.17, 15) is 0 Å². The van der Waals surface area contributed by atoms with Crippen LogP contribution in [0.25, 0.3) is 11.3 Å². The van der Waals surface area contributed by atoms with Gasteiger partial charge in [0.1, 0.15) is 5.82 Å². The summed E-state index contributed by atoms with van der Waals surface area (Å²) in [6.45, 7) is 0.842. The number of rotatable bonds is 4. The Morgan fingerprint density at radius 3 is 2.76 bits per heavy atom. The van der Waals surface area contributed by atoms with E-state index < -0.39 is 0 Å². The molecule has 1 fully saturated rings. The number of hydrogen-bond donors (Lipinski definition) is 2. The Hall–Kier alpha value is -0.880. The number of benzene rings is 1. The van der Waals surface area contributed by atoms with Gasteiger partial charge < -0.3 is 10.3 Å².